The van der Waals surface area contributed by atoms with Gasteiger partial charge < -0.3 is 0 Å². The minimum atomic E-state index is -0.209. The number of benzene rings is 5. The predicted molar refractivity (Wildman–Crippen MR) is 183 cm³/mol. The molecule has 2 aromatic heterocycles. The van der Waals surface area contributed by atoms with E-state index in [0.29, 0.717) is 0 Å². The normalized spacial score (nSPS) is 14.6. The van der Waals surface area contributed by atoms with E-state index < -0.39 is 0 Å². The van der Waals surface area contributed by atoms with Crippen molar-refractivity contribution in [3.8, 4) is 11.3 Å². The van der Waals surface area contributed by atoms with E-state index >= 15 is 0 Å². The first kappa shape index (κ1) is 25.0. The van der Waals surface area contributed by atoms with Gasteiger partial charge in [0.25, 0.3) is 0 Å². The third kappa shape index (κ3) is 3.44. The lowest BCUT2D eigenvalue weighted by molar-refractivity contribution is 0.703. The van der Waals surface area contributed by atoms with Crippen LogP contribution in [0, 0.1) is 0 Å². The van der Waals surface area contributed by atoms with Crippen LogP contribution >= 0.6 is 0 Å². The van der Waals surface area contributed by atoms with Crippen LogP contribution in [-0.4, -0.2) is 9.97 Å². The minimum Gasteiger partial charge on any atom is -0.293 e. The Morgan fingerprint density at radius 1 is 0.568 bits per heavy atom. The quantitative estimate of drug-likeness (QED) is 0.209. The first-order valence-electron chi connectivity index (χ1n) is 15.2. The summed E-state index contributed by atoms with van der Waals surface area (Å²) in [7, 11) is 0. The van der Waals surface area contributed by atoms with Crippen LogP contribution in [0.15, 0.2) is 140 Å². The molecule has 3 heterocycles. The highest BCUT2D eigenvalue weighted by atomic mass is 15.2. The third-order valence-corrected chi connectivity index (χ3v) is 9.43. The van der Waals surface area contributed by atoms with Gasteiger partial charge in [-0.15, -0.1) is 0 Å². The molecule has 0 saturated heterocycles. The Bertz CT molecular complexity index is 2310. The molecule has 7 aromatic rings. The maximum absolute atomic E-state index is 5.49. The van der Waals surface area contributed by atoms with Crippen molar-refractivity contribution in [1.29, 1.82) is 0 Å². The van der Waals surface area contributed by atoms with E-state index in [-0.39, 0.29) is 5.41 Å². The largest absolute Gasteiger partial charge is 0.293 e. The van der Waals surface area contributed by atoms with Crippen LogP contribution in [-0.2, 0) is 5.41 Å². The first-order chi connectivity index (χ1) is 21.6. The Hall–Kier alpha value is -5.54. The molecule has 0 amide bonds. The highest BCUT2D eigenvalue weighted by Gasteiger charge is 2.43. The number of hydrogen-bond acceptors (Lipinski definition) is 3. The second-order valence-electron chi connectivity index (χ2n) is 12.2. The molecule has 2 aliphatic rings. The van der Waals surface area contributed by atoms with E-state index in [2.05, 4.69) is 140 Å². The van der Waals surface area contributed by atoms with Gasteiger partial charge in [-0.2, -0.15) is 0 Å². The Morgan fingerprint density at radius 3 is 2.16 bits per heavy atom. The van der Waals surface area contributed by atoms with Crippen LogP contribution in [0.4, 0.5) is 17.2 Å². The SMILES string of the molecule is CC1(C)C2=C(c3ccccc3N(c3ccc(-c4ccccn4)c4ccccc34)c3nc4ccccc4cc32)c2ccccc21. The van der Waals surface area contributed by atoms with Gasteiger partial charge in [0.15, 0.2) is 0 Å². The second-order valence-corrected chi connectivity index (χ2v) is 12.2. The number of nitrogens with zero attached hydrogens (tertiary/aromatic N) is 3. The molecule has 5 aromatic carbocycles. The molecule has 44 heavy (non-hydrogen) atoms. The van der Waals surface area contributed by atoms with Gasteiger partial charge in [0.2, 0.25) is 0 Å². The molecule has 0 fully saturated rings. The summed E-state index contributed by atoms with van der Waals surface area (Å²) in [4.78, 5) is 12.6. The van der Waals surface area contributed by atoms with Crippen LogP contribution < -0.4 is 4.90 Å². The lowest BCUT2D eigenvalue weighted by Gasteiger charge is -2.31. The van der Waals surface area contributed by atoms with Gasteiger partial charge in [-0.25, -0.2) is 4.98 Å². The van der Waals surface area contributed by atoms with E-state index in [1.54, 1.807) is 0 Å². The Labute approximate surface area is 256 Å². The lowest BCUT2D eigenvalue weighted by Crippen LogP contribution is -2.19. The summed E-state index contributed by atoms with van der Waals surface area (Å²) in [5.74, 6) is 0.956. The fraction of sp³-hybridized carbons (Fsp3) is 0.0732. The molecule has 0 saturated carbocycles. The number of fused-ring (bicyclic) bond motifs is 8. The number of para-hydroxylation sites is 2. The topological polar surface area (TPSA) is 29.0 Å². The van der Waals surface area contributed by atoms with Crippen molar-refractivity contribution in [1.82, 2.24) is 9.97 Å². The van der Waals surface area contributed by atoms with Crippen molar-refractivity contribution < 1.29 is 0 Å². The van der Waals surface area contributed by atoms with Gasteiger partial charge in [0.05, 0.1) is 22.6 Å². The molecule has 1 aliphatic carbocycles. The van der Waals surface area contributed by atoms with E-state index in [1.807, 2.05) is 18.3 Å². The highest BCUT2D eigenvalue weighted by molar-refractivity contribution is 6.16. The van der Waals surface area contributed by atoms with Crippen molar-refractivity contribution in [2.75, 3.05) is 4.90 Å². The lowest BCUT2D eigenvalue weighted by atomic mass is 9.78. The predicted octanol–water partition coefficient (Wildman–Crippen LogP) is 10.5. The van der Waals surface area contributed by atoms with E-state index in [9.17, 15) is 0 Å². The summed E-state index contributed by atoms with van der Waals surface area (Å²) < 4.78 is 0. The van der Waals surface area contributed by atoms with Crippen LogP contribution in [0.3, 0.4) is 0 Å². The molecule has 9 rings (SSSR count). The van der Waals surface area contributed by atoms with Gasteiger partial charge >= 0.3 is 0 Å². The van der Waals surface area contributed by atoms with Crippen molar-refractivity contribution in [3.05, 3.63) is 162 Å². The fourth-order valence-electron chi connectivity index (χ4n) is 7.50. The summed E-state index contributed by atoms with van der Waals surface area (Å²) in [5, 5.41) is 3.47. The molecular weight excluding hydrogens is 534 g/mol. The third-order valence-electron chi connectivity index (χ3n) is 9.43. The monoisotopic (exact) mass is 563 g/mol. The summed E-state index contributed by atoms with van der Waals surface area (Å²) in [6.45, 7) is 4.73. The zero-order valence-electron chi connectivity index (χ0n) is 24.6. The number of anilines is 3. The van der Waals surface area contributed by atoms with E-state index in [4.69, 9.17) is 9.97 Å². The Morgan fingerprint density at radius 2 is 1.30 bits per heavy atom. The molecule has 0 spiro atoms. The number of hydrogen-bond donors (Lipinski definition) is 0. The summed E-state index contributed by atoms with van der Waals surface area (Å²) in [6, 6.07) is 47.9. The van der Waals surface area contributed by atoms with Crippen LogP contribution in [0.1, 0.15) is 36.1 Å². The zero-order chi connectivity index (χ0) is 29.4. The summed E-state index contributed by atoms with van der Waals surface area (Å²) >= 11 is 0. The minimum absolute atomic E-state index is 0.209. The molecule has 0 atom stereocenters. The molecule has 3 nitrogen and oxygen atoms in total. The molecule has 0 N–H and O–H groups in total. The van der Waals surface area contributed by atoms with Crippen molar-refractivity contribution in [2.24, 2.45) is 0 Å². The molecule has 1 aliphatic heterocycles. The number of aromatic nitrogens is 2. The highest BCUT2D eigenvalue weighted by Crippen LogP contribution is 2.59. The van der Waals surface area contributed by atoms with Crippen molar-refractivity contribution in [2.45, 2.75) is 19.3 Å². The molecular formula is C41H29N3. The van der Waals surface area contributed by atoms with Crippen molar-refractivity contribution in [3.63, 3.8) is 0 Å². The standard InChI is InChI=1S/C41H29N3/c1-41(2)33-18-8-6-16-30(33)38-31-17-7-10-21-36(31)44(40-32(39(38)41)25-26-13-3-9-19-34(26)43-40)37-23-22-28(35-20-11-12-24-42-35)27-14-4-5-15-29(27)37/h3-25H,1-2H3. The van der Waals surface area contributed by atoms with Crippen molar-refractivity contribution >= 4 is 50.0 Å². The smallest absolute Gasteiger partial charge is 0.145 e. The maximum atomic E-state index is 5.49. The second kappa shape index (κ2) is 9.23. The van der Waals surface area contributed by atoms with Gasteiger partial charge in [-0.3, -0.25) is 9.88 Å². The summed E-state index contributed by atoms with van der Waals surface area (Å²) in [6.07, 6.45) is 1.86. The van der Waals surface area contributed by atoms with Crippen LogP contribution in [0.2, 0.25) is 0 Å². The van der Waals surface area contributed by atoms with E-state index in [1.165, 1.54) is 38.8 Å². The fourth-order valence-corrected chi connectivity index (χ4v) is 7.50. The Kier molecular flexibility index (Phi) is 5.24. The van der Waals surface area contributed by atoms with Gasteiger partial charge in [-0.05, 0) is 64.1 Å². The zero-order valence-corrected chi connectivity index (χ0v) is 24.6. The number of pyridine rings is 2. The number of rotatable bonds is 2. The average molecular weight is 564 g/mol. The van der Waals surface area contributed by atoms with Crippen LogP contribution in [0.5, 0.6) is 0 Å². The average Bonchev–Trinajstić information content (AvgIpc) is 3.23. The van der Waals surface area contributed by atoms with Crippen LogP contribution in [0.25, 0.3) is 44.1 Å². The molecule has 0 radical (unpaired) electrons. The van der Waals surface area contributed by atoms with E-state index in [0.717, 1.165) is 44.7 Å². The molecule has 0 bridgehead atoms. The van der Waals surface area contributed by atoms with Gasteiger partial charge in [0.1, 0.15) is 5.82 Å². The first-order valence-corrected chi connectivity index (χ1v) is 15.2. The molecule has 3 heteroatoms. The Balaban J connectivity index is 1.42. The van der Waals surface area contributed by atoms with Gasteiger partial charge in [0, 0.05) is 39.1 Å². The molecule has 0 unspecified atom stereocenters. The number of allylic oxidation sites excluding steroid dienone is 1. The molecule has 208 valence electrons. The van der Waals surface area contributed by atoms with Gasteiger partial charge in [-0.1, -0.05) is 111 Å². The summed E-state index contributed by atoms with van der Waals surface area (Å²) in [5.41, 5.74) is 12.8. The maximum Gasteiger partial charge on any atom is 0.145 e.